The maximum Gasteiger partial charge on any atom is 0.318 e. The number of carboxylic acid groups (broad SMARTS) is 1. The van der Waals surface area contributed by atoms with Gasteiger partial charge in [0.05, 0.1) is 6.54 Å². The normalized spacial score (nSPS) is 11.7. The van der Waals surface area contributed by atoms with E-state index in [4.69, 9.17) is 10.8 Å². The van der Waals surface area contributed by atoms with Gasteiger partial charge in [-0.15, -0.1) is 11.3 Å². The molecule has 0 aliphatic carbocycles. The van der Waals surface area contributed by atoms with E-state index in [1.807, 2.05) is 0 Å². The molecule has 0 spiro atoms. The van der Waals surface area contributed by atoms with Crippen LogP contribution in [0.5, 0.6) is 0 Å². The van der Waals surface area contributed by atoms with Crippen LogP contribution in [0.25, 0.3) is 0 Å². The fourth-order valence-corrected chi connectivity index (χ4v) is 4.02. The van der Waals surface area contributed by atoms with Crippen molar-refractivity contribution in [3.63, 3.8) is 0 Å². The Labute approximate surface area is 108 Å². The monoisotopic (exact) mass is 292 g/mol. The van der Waals surface area contributed by atoms with Crippen molar-refractivity contribution in [3.8, 4) is 0 Å². The van der Waals surface area contributed by atoms with E-state index in [0.29, 0.717) is 4.31 Å². The zero-order valence-corrected chi connectivity index (χ0v) is 11.1. The molecule has 0 fully saturated rings. The van der Waals surface area contributed by atoms with Crippen molar-refractivity contribution < 1.29 is 23.1 Å². The zero-order valence-electron chi connectivity index (χ0n) is 9.49. The van der Waals surface area contributed by atoms with Gasteiger partial charge in [0.1, 0.15) is 10.8 Å². The van der Waals surface area contributed by atoms with Gasteiger partial charge >= 0.3 is 5.97 Å². The molecule has 1 aromatic heterocycles. The number of aliphatic carboxylic acids is 1. The van der Waals surface area contributed by atoms with Gasteiger partial charge in [0.25, 0.3) is 10.0 Å². The fraction of sp³-hybridized carbons (Fsp3) is 0.333. The number of sulfonamides is 1. The van der Waals surface area contributed by atoms with Crippen LogP contribution < -0.4 is 5.73 Å². The van der Waals surface area contributed by atoms with Crippen molar-refractivity contribution >= 4 is 33.2 Å². The number of aryl methyl sites for hydroxylation is 1. The van der Waals surface area contributed by atoms with Gasteiger partial charge in [-0.1, -0.05) is 0 Å². The summed E-state index contributed by atoms with van der Waals surface area (Å²) >= 11 is 1.00. The summed E-state index contributed by atoms with van der Waals surface area (Å²) in [6.07, 6.45) is 0. The van der Waals surface area contributed by atoms with Crippen LogP contribution in [-0.2, 0) is 19.6 Å². The second kappa shape index (κ2) is 5.46. The first-order valence-corrected chi connectivity index (χ1v) is 7.06. The number of hydrogen-bond acceptors (Lipinski definition) is 5. The predicted molar refractivity (Wildman–Crippen MR) is 64.6 cm³/mol. The summed E-state index contributed by atoms with van der Waals surface area (Å²) in [6, 6.07) is 2.96. The lowest BCUT2D eigenvalue weighted by atomic mass is 10.5. The largest absolute Gasteiger partial charge is 0.480 e. The molecule has 1 heterocycles. The van der Waals surface area contributed by atoms with Crippen molar-refractivity contribution in [2.45, 2.75) is 11.1 Å². The van der Waals surface area contributed by atoms with Crippen LogP contribution in [0, 0.1) is 6.92 Å². The van der Waals surface area contributed by atoms with Crippen molar-refractivity contribution in [2.24, 2.45) is 5.73 Å². The number of carboxylic acids is 1. The summed E-state index contributed by atoms with van der Waals surface area (Å²) in [4.78, 5) is 22.2. The summed E-state index contributed by atoms with van der Waals surface area (Å²) in [6.45, 7) is 0.257. The number of hydrogen-bond donors (Lipinski definition) is 2. The van der Waals surface area contributed by atoms with Crippen LogP contribution in [0.15, 0.2) is 16.3 Å². The molecule has 7 nitrogen and oxygen atoms in total. The summed E-state index contributed by atoms with van der Waals surface area (Å²) in [5.74, 6) is -2.26. The molecule has 100 valence electrons. The fourth-order valence-electron chi connectivity index (χ4n) is 1.23. The number of amides is 1. The van der Waals surface area contributed by atoms with Gasteiger partial charge < -0.3 is 10.8 Å². The molecule has 0 bridgehead atoms. The molecule has 9 heteroatoms. The molecule has 3 N–H and O–H groups in total. The third-order valence-electron chi connectivity index (χ3n) is 1.95. The number of carbonyl (C=O) groups is 2. The Hall–Kier alpha value is -1.45. The average molecular weight is 292 g/mol. The Balaban J connectivity index is 3.10. The van der Waals surface area contributed by atoms with Gasteiger partial charge in [0.2, 0.25) is 5.91 Å². The van der Waals surface area contributed by atoms with Gasteiger partial charge in [-0.2, -0.15) is 4.31 Å². The molecule has 0 saturated carbocycles. The van der Waals surface area contributed by atoms with E-state index in [2.05, 4.69) is 0 Å². The quantitative estimate of drug-likeness (QED) is 0.740. The zero-order chi connectivity index (χ0) is 13.9. The molecular weight excluding hydrogens is 280 g/mol. The topological polar surface area (TPSA) is 118 Å². The molecule has 1 amide bonds. The SMILES string of the molecule is Cc1ccc(S(=O)(=O)N(CC(N)=O)CC(=O)O)s1. The lowest BCUT2D eigenvalue weighted by molar-refractivity contribution is -0.137. The molecular formula is C9H12N2O5S2. The van der Waals surface area contributed by atoms with Crippen LogP contribution in [0.3, 0.4) is 0 Å². The Morgan fingerprint density at radius 2 is 2.00 bits per heavy atom. The highest BCUT2D eigenvalue weighted by Gasteiger charge is 2.29. The lowest BCUT2D eigenvalue weighted by Crippen LogP contribution is -2.41. The molecule has 0 atom stereocenters. The van der Waals surface area contributed by atoms with Crippen molar-refractivity contribution in [3.05, 3.63) is 17.0 Å². The molecule has 1 rings (SSSR count). The highest BCUT2D eigenvalue weighted by molar-refractivity contribution is 7.91. The predicted octanol–water partition coefficient (Wildman–Crippen LogP) is -0.383. The number of carbonyl (C=O) groups excluding carboxylic acids is 1. The molecule has 0 aromatic carbocycles. The van der Waals surface area contributed by atoms with Gasteiger partial charge in [-0.05, 0) is 19.1 Å². The Kier molecular flexibility index (Phi) is 4.43. The van der Waals surface area contributed by atoms with E-state index in [9.17, 15) is 18.0 Å². The summed E-state index contributed by atoms with van der Waals surface area (Å²) in [5.41, 5.74) is 4.91. The van der Waals surface area contributed by atoms with Gasteiger partial charge in [0, 0.05) is 4.88 Å². The van der Waals surface area contributed by atoms with Crippen LogP contribution >= 0.6 is 11.3 Å². The lowest BCUT2D eigenvalue weighted by Gasteiger charge is -2.17. The Morgan fingerprint density at radius 3 is 2.39 bits per heavy atom. The van der Waals surface area contributed by atoms with E-state index in [0.717, 1.165) is 16.2 Å². The first-order valence-electron chi connectivity index (χ1n) is 4.80. The second-order valence-electron chi connectivity index (χ2n) is 3.50. The van der Waals surface area contributed by atoms with Crippen LogP contribution in [0.1, 0.15) is 4.88 Å². The number of rotatable bonds is 6. The molecule has 0 saturated heterocycles. The first kappa shape index (κ1) is 14.6. The molecule has 0 radical (unpaired) electrons. The standard InChI is InChI=1S/C9H12N2O5S2/c1-6-2-3-9(17-6)18(15,16)11(4-7(10)12)5-8(13)14/h2-3H,4-5H2,1H3,(H2,10,12)(H,13,14). The van der Waals surface area contributed by atoms with E-state index in [1.54, 1.807) is 13.0 Å². The third kappa shape index (κ3) is 3.52. The van der Waals surface area contributed by atoms with E-state index in [1.165, 1.54) is 6.07 Å². The summed E-state index contributed by atoms with van der Waals surface area (Å²) in [7, 11) is -4.00. The molecule has 0 unspecified atom stereocenters. The average Bonchev–Trinajstić information content (AvgIpc) is 2.63. The van der Waals surface area contributed by atoms with Crippen LogP contribution in [0.2, 0.25) is 0 Å². The molecule has 0 aliphatic heterocycles. The number of nitrogens with zero attached hydrogens (tertiary/aromatic N) is 1. The molecule has 1 aromatic rings. The van der Waals surface area contributed by atoms with Crippen LogP contribution in [0.4, 0.5) is 0 Å². The van der Waals surface area contributed by atoms with Gasteiger partial charge in [0.15, 0.2) is 0 Å². The van der Waals surface area contributed by atoms with Crippen molar-refractivity contribution in [1.29, 1.82) is 0 Å². The minimum atomic E-state index is -4.00. The minimum Gasteiger partial charge on any atom is -0.480 e. The number of thiophene rings is 1. The van der Waals surface area contributed by atoms with E-state index in [-0.39, 0.29) is 4.21 Å². The first-order chi connectivity index (χ1) is 8.23. The van der Waals surface area contributed by atoms with E-state index >= 15 is 0 Å². The highest BCUT2D eigenvalue weighted by Crippen LogP contribution is 2.24. The Bertz CT molecular complexity index is 547. The summed E-state index contributed by atoms with van der Waals surface area (Å²) in [5, 5.41) is 8.66. The smallest absolute Gasteiger partial charge is 0.318 e. The molecule has 0 aliphatic rings. The maximum atomic E-state index is 12.1. The van der Waals surface area contributed by atoms with Gasteiger partial charge in [-0.25, -0.2) is 8.42 Å². The summed E-state index contributed by atoms with van der Waals surface area (Å²) < 4.78 is 24.7. The van der Waals surface area contributed by atoms with Crippen LogP contribution in [-0.4, -0.2) is 42.8 Å². The number of nitrogens with two attached hydrogens (primary N) is 1. The third-order valence-corrected chi connectivity index (χ3v) is 5.21. The van der Waals surface area contributed by atoms with Crippen molar-refractivity contribution in [1.82, 2.24) is 4.31 Å². The maximum absolute atomic E-state index is 12.1. The second-order valence-corrected chi connectivity index (χ2v) is 6.95. The highest BCUT2D eigenvalue weighted by atomic mass is 32.2. The minimum absolute atomic E-state index is 0.0116. The van der Waals surface area contributed by atoms with Crippen molar-refractivity contribution in [2.75, 3.05) is 13.1 Å². The van der Waals surface area contributed by atoms with Gasteiger partial charge in [-0.3, -0.25) is 9.59 Å². The molecule has 18 heavy (non-hydrogen) atoms. The Morgan fingerprint density at radius 1 is 1.39 bits per heavy atom. The number of primary amides is 1. The van der Waals surface area contributed by atoms with E-state index < -0.39 is 35.0 Å².